The molecule has 2 aromatic heterocycles. The Bertz CT molecular complexity index is 2700. The van der Waals surface area contributed by atoms with Gasteiger partial charge in [-0.25, -0.2) is 0 Å². The number of furan rings is 2. The summed E-state index contributed by atoms with van der Waals surface area (Å²) in [5, 5.41) is 58.0. The Hall–Kier alpha value is -6.74. The van der Waals surface area contributed by atoms with Crippen LogP contribution in [0.5, 0.6) is 0 Å². The van der Waals surface area contributed by atoms with Gasteiger partial charge in [0, 0.05) is 62.7 Å². The number of likely N-dealkylation sites (tertiary alicyclic amines) is 2. The summed E-state index contributed by atoms with van der Waals surface area (Å²) in [4.78, 5) is 53.2. The molecule has 0 saturated carbocycles. The van der Waals surface area contributed by atoms with Crippen LogP contribution in [-0.2, 0) is 45.4 Å². The van der Waals surface area contributed by atoms with Crippen LogP contribution in [-0.4, -0.2) is 132 Å². The third-order valence-electron chi connectivity index (χ3n) is 13.1. The quantitative estimate of drug-likeness (QED) is 0.0604. The van der Waals surface area contributed by atoms with Crippen LogP contribution in [0.15, 0.2) is 191 Å². The van der Waals surface area contributed by atoms with Gasteiger partial charge in [-0.3, -0.25) is 19.2 Å². The highest BCUT2D eigenvalue weighted by Gasteiger charge is 2.49. The third-order valence-corrected chi connectivity index (χ3v) is 15.7. The number of aliphatic hydroxyl groups is 6. The highest BCUT2D eigenvalue weighted by molar-refractivity contribution is 8.00. The monoisotopic (exact) mass is 1130 g/mol. The fraction of sp³-hybridized carbons (Fsp3) is 0.355. The SMILES string of the molecule is CC1(O)C(SCCO)CC(=O)N1Cc1ccccc1.CC1(O)C=CC(=O)N1Cc1ccccc1.CC1(O)C=CC(=O)N1Cc1ccccc1.CC1(O)CC(SCCO)C(=O)N1Cc1ccccc1.Cc1ccco1.Cc1ccco1. The maximum atomic E-state index is 12.3. The average molecular weight is 1130 g/mol. The number of hydrogen-bond donors (Lipinski definition) is 6. The normalized spacial score (nSPS) is 23.5. The Morgan fingerprint density at radius 2 is 0.863 bits per heavy atom. The second kappa shape index (κ2) is 30.7. The second-order valence-electron chi connectivity index (χ2n) is 19.9. The number of aryl methyl sites for hydroxylation is 2. The first-order valence-electron chi connectivity index (χ1n) is 26.2. The molecule has 6 heterocycles. The predicted octanol–water partition coefficient (Wildman–Crippen LogP) is 8.21. The van der Waals surface area contributed by atoms with Crippen LogP contribution < -0.4 is 0 Å². The zero-order chi connectivity index (χ0) is 58.4. The minimum Gasteiger partial charge on any atom is -0.470 e. The van der Waals surface area contributed by atoms with Crippen molar-refractivity contribution in [3.63, 3.8) is 0 Å². The molecule has 18 heteroatoms. The summed E-state index contributed by atoms with van der Waals surface area (Å²) < 4.78 is 9.67. The van der Waals surface area contributed by atoms with E-state index in [1.807, 2.05) is 159 Å². The molecule has 6 atom stereocenters. The molecule has 0 radical (unpaired) electrons. The van der Waals surface area contributed by atoms with E-state index < -0.39 is 22.9 Å². The lowest BCUT2D eigenvalue weighted by Gasteiger charge is -2.34. The van der Waals surface area contributed by atoms with Crippen LogP contribution in [0, 0.1) is 13.8 Å². The average Bonchev–Trinajstić information content (AvgIpc) is 4.31. The number of amides is 4. The molecule has 0 bridgehead atoms. The molecule has 4 aromatic carbocycles. The molecule has 4 amide bonds. The molecule has 16 nitrogen and oxygen atoms in total. The van der Waals surface area contributed by atoms with E-state index >= 15 is 0 Å². The van der Waals surface area contributed by atoms with Crippen molar-refractivity contribution < 1.29 is 58.7 Å². The molecular weight excluding hydrogens is 1060 g/mol. The second-order valence-corrected chi connectivity index (χ2v) is 22.5. The highest BCUT2D eigenvalue weighted by Crippen LogP contribution is 2.38. The van der Waals surface area contributed by atoms with Crippen molar-refractivity contribution in [2.24, 2.45) is 0 Å². The maximum Gasteiger partial charge on any atom is 0.249 e. The number of carbonyl (C=O) groups excluding carboxylic acids is 4. The van der Waals surface area contributed by atoms with Gasteiger partial charge in [0.25, 0.3) is 0 Å². The van der Waals surface area contributed by atoms with Crippen LogP contribution in [0.4, 0.5) is 0 Å². The van der Waals surface area contributed by atoms with Crippen molar-refractivity contribution in [2.45, 2.75) is 114 Å². The first kappa shape index (κ1) is 64.1. The molecule has 0 spiro atoms. The highest BCUT2D eigenvalue weighted by atomic mass is 32.2. The summed E-state index contributed by atoms with van der Waals surface area (Å²) in [6.07, 6.45) is 9.89. The lowest BCUT2D eigenvalue weighted by Crippen LogP contribution is -2.47. The van der Waals surface area contributed by atoms with Gasteiger partial charge in [0.1, 0.15) is 23.0 Å². The zero-order valence-corrected chi connectivity index (χ0v) is 47.9. The van der Waals surface area contributed by atoms with Gasteiger partial charge >= 0.3 is 0 Å². The molecule has 428 valence electrons. The lowest BCUT2D eigenvalue weighted by atomic mass is 10.1. The Labute approximate surface area is 478 Å². The molecular formula is C62H76N4O12S2. The summed E-state index contributed by atoms with van der Waals surface area (Å²) in [5.74, 6) is 2.60. The predicted molar refractivity (Wildman–Crippen MR) is 312 cm³/mol. The zero-order valence-electron chi connectivity index (χ0n) is 46.3. The van der Waals surface area contributed by atoms with E-state index in [0.29, 0.717) is 50.5 Å². The van der Waals surface area contributed by atoms with E-state index in [1.54, 1.807) is 40.2 Å². The largest absolute Gasteiger partial charge is 0.470 e. The summed E-state index contributed by atoms with van der Waals surface area (Å²) in [6.45, 7) is 12.2. The maximum absolute atomic E-state index is 12.3. The molecule has 4 aliphatic heterocycles. The number of benzene rings is 4. The van der Waals surface area contributed by atoms with Crippen LogP contribution in [0.3, 0.4) is 0 Å². The van der Waals surface area contributed by atoms with Crippen LogP contribution in [0.25, 0.3) is 0 Å². The number of carbonyl (C=O) groups is 4. The van der Waals surface area contributed by atoms with Crippen molar-refractivity contribution >= 4 is 47.2 Å². The van der Waals surface area contributed by atoms with E-state index in [4.69, 9.17) is 19.0 Å². The van der Waals surface area contributed by atoms with Gasteiger partial charge < -0.3 is 59.1 Å². The van der Waals surface area contributed by atoms with Crippen LogP contribution in [0.1, 0.15) is 74.3 Å². The van der Waals surface area contributed by atoms with E-state index in [1.165, 1.54) is 67.4 Å². The summed E-state index contributed by atoms with van der Waals surface area (Å²) in [6, 6.07) is 46.1. The van der Waals surface area contributed by atoms with Crippen molar-refractivity contribution in [3.8, 4) is 0 Å². The third kappa shape index (κ3) is 19.5. The van der Waals surface area contributed by atoms with Crippen molar-refractivity contribution in [2.75, 3.05) is 24.7 Å². The van der Waals surface area contributed by atoms with Gasteiger partial charge in [0.05, 0.1) is 36.2 Å². The lowest BCUT2D eigenvalue weighted by molar-refractivity contribution is -0.144. The minimum absolute atomic E-state index is 0.0377. The summed E-state index contributed by atoms with van der Waals surface area (Å²) >= 11 is 2.85. The first-order valence-corrected chi connectivity index (χ1v) is 28.3. The number of aliphatic hydroxyl groups excluding tert-OH is 2. The molecule has 2 saturated heterocycles. The van der Waals surface area contributed by atoms with Gasteiger partial charge in [-0.2, -0.15) is 11.8 Å². The fourth-order valence-electron chi connectivity index (χ4n) is 8.61. The fourth-order valence-corrected chi connectivity index (χ4v) is 10.8. The van der Waals surface area contributed by atoms with Gasteiger partial charge in [0.15, 0.2) is 11.4 Å². The number of nitrogens with zero attached hydrogens (tertiary/aromatic N) is 4. The molecule has 4 aliphatic rings. The van der Waals surface area contributed by atoms with Crippen molar-refractivity contribution in [1.29, 1.82) is 0 Å². The molecule has 6 unspecified atom stereocenters. The molecule has 2 fully saturated rings. The molecule has 0 aliphatic carbocycles. The van der Waals surface area contributed by atoms with Gasteiger partial charge in [-0.15, -0.1) is 11.8 Å². The molecule has 10 rings (SSSR count). The standard InChI is InChI=1S/2C14H19NO3S.2C12H13NO2.2C5H6O/c1-14(18)9-12(19-8-7-16)13(17)15(14)10-11-5-3-2-4-6-11;1-14(18)12(19-8-7-16)9-13(17)15(14)10-11-5-3-2-4-6-11;2*1-12(15)8-7-11(14)13(12)9-10-5-3-2-4-6-10;2*1-5-3-2-4-6-5/h2*2-6,12,16,18H,7-10H2,1H3;2*2-8,15H,9H2,1H3;2*2-4H,1H3. The Morgan fingerprint density at radius 3 is 1.18 bits per heavy atom. The Morgan fingerprint density at radius 1 is 0.500 bits per heavy atom. The number of rotatable bonds is 14. The van der Waals surface area contributed by atoms with Crippen molar-refractivity contribution in [1.82, 2.24) is 19.6 Å². The summed E-state index contributed by atoms with van der Waals surface area (Å²) in [5.41, 5.74) is -0.565. The molecule has 6 aromatic rings. The van der Waals surface area contributed by atoms with Crippen LogP contribution >= 0.6 is 23.5 Å². The number of hydrogen-bond acceptors (Lipinski definition) is 14. The molecule has 6 N–H and O–H groups in total. The van der Waals surface area contributed by atoms with E-state index in [0.717, 1.165) is 33.8 Å². The topological polar surface area (TPSA) is 229 Å². The van der Waals surface area contributed by atoms with Gasteiger partial charge in [-0.05, 0) is 100 Å². The summed E-state index contributed by atoms with van der Waals surface area (Å²) in [7, 11) is 0. The number of thioether (sulfide) groups is 2. The minimum atomic E-state index is -1.16. The van der Waals surface area contributed by atoms with E-state index in [2.05, 4.69) is 0 Å². The van der Waals surface area contributed by atoms with Gasteiger partial charge in [0.2, 0.25) is 23.6 Å². The Kier molecular flexibility index (Phi) is 24.6. The smallest absolute Gasteiger partial charge is 0.249 e. The van der Waals surface area contributed by atoms with Gasteiger partial charge in [-0.1, -0.05) is 121 Å². The van der Waals surface area contributed by atoms with Crippen LogP contribution in [0.2, 0.25) is 0 Å². The first-order chi connectivity index (χ1) is 38.1. The molecule has 80 heavy (non-hydrogen) atoms. The van der Waals surface area contributed by atoms with E-state index in [9.17, 15) is 39.6 Å². The van der Waals surface area contributed by atoms with Crippen molar-refractivity contribution in [3.05, 3.63) is 216 Å². The van der Waals surface area contributed by atoms with E-state index in [-0.39, 0.29) is 47.3 Å². The Balaban J connectivity index is 0.000000183.